The summed E-state index contributed by atoms with van der Waals surface area (Å²) < 4.78 is 0. The second-order valence-corrected chi connectivity index (χ2v) is 6.96. The summed E-state index contributed by atoms with van der Waals surface area (Å²) in [6.07, 6.45) is 4.94. The van der Waals surface area contributed by atoms with Crippen LogP contribution in [0.5, 0.6) is 0 Å². The van der Waals surface area contributed by atoms with E-state index in [1.54, 1.807) is 12.1 Å². The van der Waals surface area contributed by atoms with Crippen LogP contribution in [0.4, 0.5) is 11.4 Å². The molecule has 0 bridgehead atoms. The number of nitro groups is 1. The Morgan fingerprint density at radius 2 is 2.00 bits per heavy atom. The Hall–Kier alpha value is -1.62. The zero-order chi connectivity index (χ0) is 15.6. The number of rotatable bonds is 4. The largest absolute Gasteiger partial charge is 0.393 e. The van der Waals surface area contributed by atoms with Gasteiger partial charge >= 0.3 is 0 Å². The highest BCUT2D eigenvalue weighted by atomic mass is 16.6. The highest BCUT2D eigenvalue weighted by Gasteiger charge is 2.28. The Morgan fingerprint density at radius 1 is 1.38 bits per heavy atom. The first-order chi connectivity index (χ1) is 9.78. The molecule has 21 heavy (non-hydrogen) atoms. The van der Waals surface area contributed by atoms with Gasteiger partial charge in [-0.05, 0) is 49.8 Å². The van der Waals surface area contributed by atoms with E-state index in [1.807, 2.05) is 0 Å². The van der Waals surface area contributed by atoms with Gasteiger partial charge in [0.25, 0.3) is 5.69 Å². The maximum atomic E-state index is 10.8. The van der Waals surface area contributed by atoms with Gasteiger partial charge < -0.3 is 5.73 Å². The molecule has 1 saturated carbocycles. The lowest BCUT2D eigenvalue weighted by molar-refractivity contribution is -0.383. The molecule has 1 aliphatic rings. The van der Waals surface area contributed by atoms with E-state index in [9.17, 15) is 10.1 Å². The van der Waals surface area contributed by atoms with Gasteiger partial charge in [-0.2, -0.15) is 0 Å². The second kappa shape index (κ2) is 6.02. The van der Waals surface area contributed by atoms with Crippen LogP contribution in [0.1, 0.15) is 45.1 Å². The molecule has 0 atom stereocenters. The number of benzene rings is 1. The molecule has 0 unspecified atom stereocenters. The number of anilines is 1. The van der Waals surface area contributed by atoms with Crippen LogP contribution in [-0.4, -0.2) is 22.9 Å². The fourth-order valence-electron chi connectivity index (χ4n) is 3.11. The Morgan fingerprint density at radius 3 is 2.52 bits per heavy atom. The molecule has 1 fully saturated rings. The van der Waals surface area contributed by atoms with Crippen molar-refractivity contribution in [3.63, 3.8) is 0 Å². The molecule has 5 nitrogen and oxygen atoms in total. The van der Waals surface area contributed by atoms with Crippen LogP contribution < -0.4 is 5.73 Å². The van der Waals surface area contributed by atoms with Gasteiger partial charge in [0, 0.05) is 18.7 Å². The average molecular weight is 291 g/mol. The van der Waals surface area contributed by atoms with E-state index in [0.717, 1.165) is 12.1 Å². The molecule has 0 spiro atoms. The summed E-state index contributed by atoms with van der Waals surface area (Å²) in [6, 6.07) is 5.62. The first kappa shape index (κ1) is 15.8. The van der Waals surface area contributed by atoms with E-state index >= 15 is 0 Å². The molecule has 2 N–H and O–H groups in total. The quantitative estimate of drug-likeness (QED) is 0.523. The number of nitro benzene ring substituents is 1. The van der Waals surface area contributed by atoms with Crippen molar-refractivity contribution in [3.8, 4) is 0 Å². The van der Waals surface area contributed by atoms with Gasteiger partial charge in [0.2, 0.25) is 0 Å². The number of hydrogen-bond donors (Lipinski definition) is 1. The van der Waals surface area contributed by atoms with Gasteiger partial charge in [0.05, 0.1) is 4.92 Å². The van der Waals surface area contributed by atoms with Gasteiger partial charge in [0.1, 0.15) is 5.69 Å². The zero-order valence-corrected chi connectivity index (χ0v) is 13.1. The maximum Gasteiger partial charge on any atom is 0.292 e. The first-order valence-corrected chi connectivity index (χ1v) is 7.51. The molecule has 5 heteroatoms. The van der Waals surface area contributed by atoms with Crippen molar-refractivity contribution in [2.24, 2.45) is 5.41 Å². The summed E-state index contributed by atoms with van der Waals surface area (Å²) >= 11 is 0. The Labute approximate surface area is 126 Å². The molecule has 2 rings (SSSR count). The van der Waals surface area contributed by atoms with Crippen molar-refractivity contribution in [1.82, 2.24) is 4.90 Å². The monoisotopic (exact) mass is 291 g/mol. The molecule has 1 aliphatic carbocycles. The number of hydrogen-bond acceptors (Lipinski definition) is 4. The Balaban J connectivity index is 1.98. The number of nitrogens with zero attached hydrogens (tertiary/aromatic N) is 2. The second-order valence-electron chi connectivity index (χ2n) is 6.96. The highest BCUT2D eigenvalue weighted by Crippen LogP contribution is 2.37. The van der Waals surface area contributed by atoms with Crippen molar-refractivity contribution >= 4 is 11.4 Å². The molecule has 0 aromatic heterocycles. The lowest BCUT2D eigenvalue weighted by atomic mass is 9.75. The smallest absolute Gasteiger partial charge is 0.292 e. The minimum absolute atomic E-state index is 0.0131. The van der Waals surface area contributed by atoms with Crippen LogP contribution >= 0.6 is 0 Å². The molecule has 1 aromatic rings. The molecule has 0 amide bonds. The molecular weight excluding hydrogens is 266 g/mol. The third kappa shape index (κ3) is 3.94. The van der Waals surface area contributed by atoms with Crippen molar-refractivity contribution in [2.45, 2.75) is 52.1 Å². The van der Waals surface area contributed by atoms with E-state index in [-0.39, 0.29) is 11.4 Å². The molecular formula is C16H25N3O2. The summed E-state index contributed by atoms with van der Waals surface area (Å²) in [4.78, 5) is 12.7. The van der Waals surface area contributed by atoms with Crippen molar-refractivity contribution < 1.29 is 4.92 Å². The highest BCUT2D eigenvalue weighted by molar-refractivity contribution is 5.59. The van der Waals surface area contributed by atoms with Crippen LogP contribution in [0, 0.1) is 15.5 Å². The van der Waals surface area contributed by atoms with Crippen molar-refractivity contribution in [2.75, 3.05) is 12.8 Å². The number of nitrogens with two attached hydrogens (primary N) is 1. The van der Waals surface area contributed by atoms with E-state index in [1.165, 1.54) is 31.7 Å². The van der Waals surface area contributed by atoms with Gasteiger partial charge in [-0.15, -0.1) is 0 Å². The molecule has 0 radical (unpaired) electrons. The van der Waals surface area contributed by atoms with Crippen molar-refractivity contribution in [1.29, 1.82) is 0 Å². The van der Waals surface area contributed by atoms with Gasteiger partial charge in [-0.25, -0.2) is 0 Å². The van der Waals surface area contributed by atoms with E-state index in [4.69, 9.17) is 5.73 Å². The van der Waals surface area contributed by atoms with Crippen molar-refractivity contribution in [3.05, 3.63) is 33.9 Å². The molecule has 0 heterocycles. The van der Waals surface area contributed by atoms with Gasteiger partial charge in [-0.3, -0.25) is 15.0 Å². The predicted octanol–water partition coefficient (Wildman–Crippen LogP) is 3.58. The Kier molecular flexibility index (Phi) is 4.52. The Bertz CT molecular complexity index is 518. The molecule has 1 aromatic carbocycles. The SMILES string of the molecule is CN(Cc1ccc([N+](=O)[O-])c(N)c1)C1CCC(C)(C)CC1. The molecule has 116 valence electrons. The lowest BCUT2D eigenvalue weighted by Gasteiger charge is -2.38. The number of nitrogen functional groups attached to an aromatic ring is 1. The third-order valence-corrected chi connectivity index (χ3v) is 4.65. The van der Waals surface area contributed by atoms with Crippen LogP contribution in [0.25, 0.3) is 0 Å². The fraction of sp³-hybridized carbons (Fsp3) is 0.625. The topological polar surface area (TPSA) is 72.4 Å². The van der Waals surface area contributed by atoms with Crippen LogP contribution in [-0.2, 0) is 6.54 Å². The normalized spacial score (nSPS) is 18.9. The molecule has 0 aliphatic heterocycles. The summed E-state index contributed by atoms with van der Waals surface area (Å²) in [5.74, 6) is 0. The summed E-state index contributed by atoms with van der Waals surface area (Å²) in [5, 5.41) is 10.8. The third-order valence-electron chi connectivity index (χ3n) is 4.65. The summed E-state index contributed by atoms with van der Waals surface area (Å²) in [5.41, 5.74) is 7.48. The average Bonchev–Trinajstić information content (AvgIpc) is 2.38. The summed E-state index contributed by atoms with van der Waals surface area (Å²) in [7, 11) is 2.13. The minimum atomic E-state index is -0.438. The van der Waals surface area contributed by atoms with Gasteiger partial charge in [0.15, 0.2) is 0 Å². The van der Waals surface area contributed by atoms with Crippen LogP contribution in [0.3, 0.4) is 0 Å². The van der Waals surface area contributed by atoms with Crippen LogP contribution in [0.15, 0.2) is 18.2 Å². The molecule has 0 saturated heterocycles. The summed E-state index contributed by atoms with van der Waals surface area (Å²) in [6.45, 7) is 5.45. The predicted molar refractivity (Wildman–Crippen MR) is 85.0 cm³/mol. The first-order valence-electron chi connectivity index (χ1n) is 7.51. The van der Waals surface area contributed by atoms with E-state index in [2.05, 4.69) is 25.8 Å². The standard InChI is InChI=1S/C16H25N3O2/c1-16(2)8-6-13(7-9-16)18(3)11-12-4-5-15(19(20)21)14(17)10-12/h4-5,10,13H,6-9,11,17H2,1-3H3. The van der Waals surface area contributed by atoms with E-state index < -0.39 is 4.92 Å². The van der Waals surface area contributed by atoms with Crippen LogP contribution in [0.2, 0.25) is 0 Å². The maximum absolute atomic E-state index is 10.8. The zero-order valence-electron chi connectivity index (χ0n) is 13.1. The lowest BCUT2D eigenvalue weighted by Crippen LogP contribution is -2.36. The van der Waals surface area contributed by atoms with Gasteiger partial charge in [-0.1, -0.05) is 19.9 Å². The minimum Gasteiger partial charge on any atom is -0.393 e. The fourth-order valence-corrected chi connectivity index (χ4v) is 3.11. The van der Waals surface area contributed by atoms with E-state index in [0.29, 0.717) is 11.5 Å².